The summed E-state index contributed by atoms with van der Waals surface area (Å²) in [6, 6.07) is 8.57. The molecule has 0 aliphatic rings. The van der Waals surface area contributed by atoms with Crippen molar-refractivity contribution in [3.05, 3.63) is 42.0 Å². The van der Waals surface area contributed by atoms with E-state index in [1.807, 2.05) is 0 Å². The van der Waals surface area contributed by atoms with Crippen LogP contribution in [0.25, 0.3) is 0 Å². The minimum Gasteiger partial charge on any atom is -0.385 e. The van der Waals surface area contributed by atoms with E-state index in [0.717, 1.165) is 19.4 Å². The third-order valence-corrected chi connectivity index (χ3v) is 2.22. The molecule has 0 radical (unpaired) electrons. The molecule has 76 valence electrons. The zero-order valence-electron chi connectivity index (χ0n) is 9.14. The van der Waals surface area contributed by atoms with Crippen molar-refractivity contribution >= 4 is 5.69 Å². The number of rotatable bonds is 5. The summed E-state index contributed by atoms with van der Waals surface area (Å²) < 4.78 is 0. The van der Waals surface area contributed by atoms with Gasteiger partial charge in [0.1, 0.15) is 0 Å². The van der Waals surface area contributed by atoms with E-state index in [4.69, 9.17) is 0 Å². The molecule has 0 atom stereocenters. The summed E-state index contributed by atoms with van der Waals surface area (Å²) in [5.74, 6) is 0. The van der Waals surface area contributed by atoms with Gasteiger partial charge < -0.3 is 5.32 Å². The van der Waals surface area contributed by atoms with E-state index in [2.05, 4.69) is 50.0 Å². The molecule has 1 heteroatoms. The molecule has 1 N–H and O–H groups in total. The average Bonchev–Trinajstić information content (AvgIpc) is 2.18. The van der Waals surface area contributed by atoms with Crippen molar-refractivity contribution in [1.82, 2.24) is 0 Å². The van der Waals surface area contributed by atoms with Gasteiger partial charge in [-0.1, -0.05) is 24.6 Å². The fourth-order valence-electron chi connectivity index (χ4n) is 1.32. The molecule has 0 heterocycles. The molecule has 1 aromatic rings. The Hall–Kier alpha value is -1.24. The molecule has 0 amide bonds. The quantitative estimate of drug-likeness (QED) is 0.697. The molecule has 1 nitrogen and oxygen atoms in total. The molecule has 1 aromatic carbocycles. The second kappa shape index (κ2) is 5.48. The van der Waals surface area contributed by atoms with E-state index in [0.29, 0.717) is 0 Å². The Morgan fingerprint density at radius 1 is 1.43 bits per heavy atom. The molecule has 0 aromatic heterocycles. The first kappa shape index (κ1) is 10.8. The first-order valence-corrected chi connectivity index (χ1v) is 5.19. The Morgan fingerprint density at radius 2 is 2.21 bits per heavy atom. The highest BCUT2D eigenvalue weighted by molar-refractivity contribution is 5.45. The van der Waals surface area contributed by atoms with Crippen molar-refractivity contribution in [3.8, 4) is 0 Å². The number of nitrogens with one attached hydrogen (secondary N) is 1. The monoisotopic (exact) mass is 189 g/mol. The molecule has 0 saturated carbocycles. The van der Waals surface area contributed by atoms with Crippen LogP contribution in [0.1, 0.15) is 25.8 Å². The highest BCUT2D eigenvalue weighted by Crippen LogP contribution is 2.11. The van der Waals surface area contributed by atoms with Gasteiger partial charge in [-0.05, 0) is 37.5 Å². The number of hydrogen-bond acceptors (Lipinski definition) is 1. The maximum atomic E-state index is 3.88. The average molecular weight is 189 g/mol. The first-order chi connectivity index (χ1) is 6.72. The van der Waals surface area contributed by atoms with Crippen LogP contribution in [0.4, 0.5) is 5.69 Å². The predicted molar refractivity (Wildman–Crippen MR) is 63.7 cm³/mol. The standard InChI is InChI=1S/C13H19N/c1-4-12-6-5-7-13(10-12)14-9-8-11(2)3/h5-7,10,14H,2,4,8-9H2,1,3H3. The van der Waals surface area contributed by atoms with Crippen LogP contribution < -0.4 is 5.32 Å². The molecule has 1 rings (SSSR count). The molecule has 0 unspecified atom stereocenters. The highest BCUT2D eigenvalue weighted by Gasteiger charge is 1.93. The molecule has 0 bridgehead atoms. The summed E-state index contributed by atoms with van der Waals surface area (Å²) in [5, 5.41) is 3.39. The second-order valence-corrected chi connectivity index (χ2v) is 3.69. The zero-order chi connectivity index (χ0) is 10.4. The largest absolute Gasteiger partial charge is 0.385 e. The SMILES string of the molecule is C=C(C)CCNc1cccc(CC)c1. The van der Waals surface area contributed by atoms with Crippen LogP contribution in [0, 0.1) is 0 Å². The molecule has 14 heavy (non-hydrogen) atoms. The van der Waals surface area contributed by atoms with E-state index >= 15 is 0 Å². The number of benzene rings is 1. The molecule has 0 aliphatic carbocycles. The van der Waals surface area contributed by atoms with Crippen molar-refractivity contribution in [2.45, 2.75) is 26.7 Å². The summed E-state index contributed by atoms with van der Waals surface area (Å²) in [5.41, 5.74) is 3.82. The Kier molecular flexibility index (Phi) is 4.24. The summed E-state index contributed by atoms with van der Waals surface area (Å²) in [4.78, 5) is 0. The number of anilines is 1. The lowest BCUT2D eigenvalue weighted by Crippen LogP contribution is -2.01. The summed E-state index contributed by atoms with van der Waals surface area (Å²) in [7, 11) is 0. The van der Waals surface area contributed by atoms with Gasteiger partial charge in [-0.3, -0.25) is 0 Å². The molecule has 0 saturated heterocycles. The number of aryl methyl sites for hydroxylation is 1. The van der Waals surface area contributed by atoms with Crippen LogP contribution in [0.2, 0.25) is 0 Å². The van der Waals surface area contributed by atoms with Crippen molar-refractivity contribution in [2.75, 3.05) is 11.9 Å². The van der Waals surface area contributed by atoms with Crippen molar-refractivity contribution in [1.29, 1.82) is 0 Å². The van der Waals surface area contributed by atoms with E-state index in [9.17, 15) is 0 Å². The predicted octanol–water partition coefficient (Wildman–Crippen LogP) is 3.63. The van der Waals surface area contributed by atoms with Gasteiger partial charge in [0.05, 0.1) is 0 Å². The van der Waals surface area contributed by atoms with Crippen LogP contribution in [-0.2, 0) is 6.42 Å². The van der Waals surface area contributed by atoms with Gasteiger partial charge in [-0.2, -0.15) is 0 Å². The van der Waals surface area contributed by atoms with Crippen LogP contribution in [0.3, 0.4) is 0 Å². The lowest BCUT2D eigenvalue weighted by Gasteiger charge is -2.07. The number of hydrogen-bond donors (Lipinski definition) is 1. The van der Waals surface area contributed by atoms with Gasteiger partial charge in [0.15, 0.2) is 0 Å². The van der Waals surface area contributed by atoms with E-state index in [1.165, 1.54) is 16.8 Å². The Bertz CT molecular complexity index is 302. The van der Waals surface area contributed by atoms with Crippen LogP contribution >= 0.6 is 0 Å². The third-order valence-electron chi connectivity index (χ3n) is 2.22. The maximum Gasteiger partial charge on any atom is 0.0343 e. The van der Waals surface area contributed by atoms with Gasteiger partial charge in [0.2, 0.25) is 0 Å². The van der Waals surface area contributed by atoms with Crippen LogP contribution in [0.15, 0.2) is 36.4 Å². The lowest BCUT2D eigenvalue weighted by atomic mass is 10.1. The highest BCUT2D eigenvalue weighted by atomic mass is 14.9. The fraction of sp³-hybridized carbons (Fsp3) is 0.385. The van der Waals surface area contributed by atoms with Gasteiger partial charge >= 0.3 is 0 Å². The maximum absolute atomic E-state index is 3.88. The molecule has 0 aliphatic heterocycles. The van der Waals surface area contributed by atoms with Crippen molar-refractivity contribution in [3.63, 3.8) is 0 Å². The minimum atomic E-state index is 0.975. The van der Waals surface area contributed by atoms with Crippen molar-refractivity contribution < 1.29 is 0 Å². The van der Waals surface area contributed by atoms with Gasteiger partial charge in [-0.25, -0.2) is 0 Å². The van der Waals surface area contributed by atoms with E-state index < -0.39 is 0 Å². The minimum absolute atomic E-state index is 0.975. The van der Waals surface area contributed by atoms with Crippen LogP contribution in [-0.4, -0.2) is 6.54 Å². The Balaban J connectivity index is 2.46. The zero-order valence-corrected chi connectivity index (χ0v) is 9.14. The van der Waals surface area contributed by atoms with Gasteiger partial charge in [-0.15, -0.1) is 6.58 Å². The normalized spacial score (nSPS) is 9.86. The smallest absolute Gasteiger partial charge is 0.0343 e. The lowest BCUT2D eigenvalue weighted by molar-refractivity contribution is 1.00. The first-order valence-electron chi connectivity index (χ1n) is 5.19. The topological polar surface area (TPSA) is 12.0 Å². The third kappa shape index (κ3) is 3.65. The van der Waals surface area contributed by atoms with Crippen LogP contribution in [0.5, 0.6) is 0 Å². The second-order valence-electron chi connectivity index (χ2n) is 3.69. The fourth-order valence-corrected chi connectivity index (χ4v) is 1.32. The molecule has 0 spiro atoms. The van der Waals surface area contributed by atoms with Crippen molar-refractivity contribution in [2.24, 2.45) is 0 Å². The molecule has 0 fully saturated rings. The Labute approximate surface area is 86.8 Å². The van der Waals surface area contributed by atoms with E-state index in [-0.39, 0.29) is 0 Å². The molecular formula is C13H19N. The summed E-state index contributed by atoms with van der Waals surface area (Å²) >= 11 is 0. The van der Waals surface area contributed by atoms with Gasteiger partial charge in [0.25, 0.3) is 0 Å². The molecular weight excluding hydrogens is 170 g/mol. The Morgan fingerprint density at radius 3 is 2.86 bits per heavy atom. The summed E-state index contributed by atoms with van der Waals surface area (Å²) in [6.45, 7) is 9.09. The van der Waals surface area contributed by atoms with E-state index in [1.54, 1.807) is 0 Å². The summed E-state index contributed by atoms with van der Waals surface area (Å²) in [6.07, 6.45) is 2.13. The van der Waals surface area contributed by atoms with Gasteiger partial charge in [0, 0.05) is 12.2 Å².